The highest BCUT2D eigenvalue weighted by atomic mass is 35.5. The minimum absolute atomic E-state index is 0.0868. The van der Waals surface area contributed by atoms with Crippen molar-refractivity contribution in [3.63, 3.8) is 0 Å². The second-order valence-electron chi connectivity index (χ2n) is 5.35. The first kappa shape index (κ1) is 14.6. The summed E-state index contributed by atoms with van der Waals surface area (Å²) in [5.41, 5.74) is 4.33. The molecular formula is C17H16ClN3O. The Balaban J connectivity index is 1.75. The zero-order chi connectivity index (χ0) is 15.7. The number of carbonyl (C=O) groups excluding carboxylic acids is 1. The number of nitrogens with one attached hydrogen (secondary N) is 1. The van der Waals surface area contributed by atoms with Crippen LogP contribution in [0.2, 0.25) is 5.02 Å². The molecule has 112 valence electrons. The van der Waals surface area contributed by atoms with Gasteiger partial charge in [0.05, 0.1) is 17.3 Å². The molecule has 22 heavy (non-hydrogen) atoms. The van der Waals surface area contributed by atoms with Crippen LogP contribution in [0.25, 0.3) is 5.65 Å². The largest absolute Gasteiger partial charge is 0.346 e. The van der Waals surface area contributed by atoms with Crippen molar-refractivity contribution in [2.45, 2.75) is 20.4 Å². The van der Waals surface area contributed by atoms with Crippen LogP contribution in [-0.4, -0.2) is 15.3 Å². The Morgan fingerprint density at radius 3 is 2.86 bits per heavy atom. The summed E-state index contributed by atoms with van der Waals surface area (Å²) in [5.74, 6) is -0.0868. The average molecular weight is 314 g/mol. The third kappa shape index (κ3) is 2.97. The van der Waals surface area contributed by atoms with Gasteiger partial charge in [-0.05, 0) is 37.6 Å². The van der Waals surface area contributed by atoms with Crippen molar-refractivity contribution in [1.82, 2.24) is 14.7 Å². The van der Waals surface area contributed by atoms with Gasteiger partial charge in [0.2, 0.25) is 0 Å². The van der Waals surface area contributed by atoms with E-state index in [-0.39, 0.29) is 5.91 Å². The fraction of sp³-hybridized carbons (Fsp3) is 0.176. The highest BCUT2D eigenvalue weighted by Crippen LogP contribution is 2.13. The predicted molar refractivity (Wildman–Crippen MR) is 87.3 cm³/mol. The van der Waals surface area contributed by atoms with Gasteiger partial charge < -0.3 is 9.72 Å². The van der Waals surface area contributed by atoms with E-state index in [0.717, 1.165) is 22.5 Å². The summed E-state index contributed by atoms with van der Waals surface area (Å²) in [7, 11) is 0. The number of pyridine rings is 1. The molecule has 0 saturated carbocycles. The molecule has 0 saturated heterocycles. The summed E-state index contributed by atoms with van der Waals surface area (Å²) in [6, 6.07) is 9.49. The molecule has 3 rings (SSSR count). The molecule has 0 radical (unpaired) electrons. The van der Waals surface area contributed by atoms with Crippen LogP contribution in [0.4, 0.5) is 0 Å². The zero-order valence-corrected chi connectivity index (χ0v) is 13.2. The maximum atomic E-state index is 12.3. The maximum Gasteiger partial charge on any atom is 0.251 e. The van der Waals surface area contributed by atoms with Gasteiger partial charge in [-0.15, -0.1) is 0 Å². The summed E-state index contributed by atoms with van der Waals surface area (Å²) in [5, 5.41) is 3.56. The predicted octanol–water partition coefficient (Wildman–Crippen LogP) is 3.53. The summed E-state index contributed by atoms with van der Waals surface area (Å²) in [6.45, 7) is 4.29. The Morgan fingerprint density at radius 1 is 1.23 bits per heavy atom. The molecule has 1 N–H and O–H groups in total. The van der Waals surface area contributed by atoms with E-state index >= 15 is 0 Å². The van der Waals surface area contributed by atoms with Crippen LogP contribution in [0, 0.1) is 13.8 Å². The standard InChI is InChI=1S/C17H16ClN3O/c1-11-3-4-12(2)15(7-11)17(22)19-8-14-10-21-9-13(18)5-6-16(21)20-14/h3-7,9-10H,8H2,1-2H3,(H,19,22). The average Bonchev–Trinajstić information content (AvgIpc) is 2.89. The van der Waals surface area contributed by atoms with Crippen molar-refractivity contribution in [3.8, 4) is 0 Å². The number of halogens is 1. The Kier molecular flexibility index (Phi) is 3.86. The first-order valence-electron chi connectivity index (χ1n) is 7.01. The summed E-state index contributed by atoms with van der Waals surface area (Å²) < 4.78 is 1.85. The van der Waals surface area contributed by atoms with Gasteiger partial charge in [0.1, 0.15) is 5.65 Å². The van der Waals surface area contributed by atoms with Crippen LogP contribution in [0.1, 0.15) is 27.2 Å². The van der Waals surface area contributed by atoms with Gasteiger partial charge >= 0.3 is 0 Å². The van der Waals surface area contributed by atoms with Crippen LogP contribution >= 0.6 is 11.6 Å². The fourth-order valence-electron chi connectivity index (χ4n) is 2.35. The Hall–Kier alpha value is -2.33. The minimum Gasteiger partial charge on any atom is -0.346 e. The number of benzene rings is 1. The fourth-order valence-corrected chi connectivity index (χ4v) is 2.52. The van der Waals surface area contributed by atoms with E-state index in [4.69, 9.17) is 11.6 Å². The molecule has 2 heterocycles. The SMILES string of the molecule is Cc1ccc(C)c(C(=O)NCc2cn3cc(Cl)ccc3n2)c1. The van der Waals surface area contributed by atoms with Gasteiger partial charge in [0, 0.05) is 18.0 Å². The number of imidazole rings is 1. The third-order valence-corrected chi connectivity index (χ3v) is 3.76. The van der Waals surface area contributed by atoms with Crippen LogP contribution in [0.15, 0.2) is 42.7 Å². The van der Waals surface area contributed by atoms with E-state index < -0.39 is 0 Å². The molecule has 0 spiro atoms. The molecule has 0 unspecified atom stereocenters. The lowest BCUT2D eigenvalue weighted by Crippen LogP contribution is -2.23. The van der Waals surface area contributed by atoms with Crippen molar-refractivity contribution < 1.29 is 4.79 Å². The van der Waals surface area contributed by atoms with Crippen LogP contribution in [0.3, 0.4) is 0 Å². The molecule has 3 aromatic rings. The third-order valence-electron chi connectivity index (χ3n) is 3.53. The molecule has 5 heteroatoms. The van der Waals surface area contributed by atoms with Crippen molar-refractivity contribution in [1.29, 1.82) is 0 Å². The molecule has 0 aliphatic heterocycles. The number of nitrogens with zero attached hydrogens (tertiary/aromatic N) is 2. The number of hydrogen-bond acceptors (Lipinski definition) is 2. The molecule has 0 aliphatic rings. The highest BCUT2D eigenvalue weighted by Gasteiger charge is 2.10. The molecule has 0 bridgehead atoms. The highest BCUT2D eigenvalue weighted by molar-refractivity contribution is 6.30. The molecule has 1 aromatic carbocycles. The topological polar surface area (TPSA) is 46.4 Å². The molecule has 0 fully saturated rings. The number of aromatic nitrogens is 2. The van der Waals surface area contributed by atoms with Gasteiger partial charge in [0.15, 0.2) is 0 Å². The molecule has 2 aromatic heterocycles. The van der Waals surface area contributed by atoms with Crippen molar-refractivity contribution >= 4 is 23.2 Å². The monoisotopic (exact) mass is 313 g/mol. The quantitative estimate of drug-likeness (QED) is 0.804. The van der Waals surface area contributed by atoms with Gasteiger partial charge in [-0.25, -0.2) is 4.98 Å². The molecular weight excluding hydrogens is 298 g/mol. The Morgan fingerprint density at radius 2 is 2.05 bits per heavy atom. The number of hydrogen-bond donors (Lipinski definition) is 1. The van der Waals surface area contributed by atoms with Crippen molar-refractivity contribution in [2.24, 2.45) is 0 Å². The van der Waals surface area contributed by atoms with Gasteiger partial charge in [-0.2, -0.15) is 0 Å². The van der Waals surface area contributed by atoms with Crippen molar-refractivity contribution in [2.75, 3.05) is 0 Å². The Labute approximate surface area is 133 Å². The Bertz CT molecular complexity index is 854. The molecule has 4 nitrogen and oxygen atoms in total. The summed E-state index contributed by atoms with van der Waals surface area (Å²) >= 11 is 5.95. The van der Waals surface area contributed by atoms with Crippen LogP contribution in [0.5, 0.6) is 0 Å². The summed E-state index contributed by atoms with van der Waals surface area (Å²) in [4.78, 5) is 16.7. The van der Waals surface area contributed by atoms with Crippen LogP contribution in [-0.2, 0) is 6.54 Å². The summed E-state index contributed by atoms with van der Waals surface area (Å²) in [6.07, 6.45) is 3.66. The lowest BCUT2D eigenvalue weighted by atomic mass is 10.1. The normalized spacial score (nSPS) is 10.9. The second kappa shape index (κ2) is 5.81. The van der Waals surface area contributed by atoms with E-state index in [0.29, 0.717) is 17.1 Å². The molecule has 1 amide bonds. The lowest BCUT2D eigenvalue weighted by molar-refractivity contribution is 0.0950. The maximum absolute atomic E-state index is 12.3. The lowest BCUT2D eigenvalue weighted by Gasteiger charge is -2.07. The van der Waals surface area contributed by atoms with Crippen molar-refractivity contribution in [3.05, 3.63) is 70.1 Å². The number of carbonyl (C=O) groups is 1. The smallest absolute Gasteiger partial charge is 0.251 e. The van der Waals surface area contributed by atoms with Crippen LogP contribution < -0.4 is 5.32 Å². The first-order chi connectivity index (χ1) is 10.5. The number of rotatable bonds is 3. The van der Waals surface area contributed by atoms with E-state index in [1.54, 1.807) is 12.3 Å². The number of amides is 1. The molecule has 0 aliphatic carbocycles. The minimum atomic E-state index is -0.0868. The van der Waals surface area contributed by atoms with E-state index in [1.807, 2.05) is 48.7 Å². The second-order valence-corrected chi connectivity index (χ2v) is 5.78. The van der Waals surface area contributed by atoms with E-state index in [9.17, 15) is 4.79 Å². The number of fused-ring (bicyclic) bond motifs is 1. The first-order valence-corrected chi connectivity index (χ1v) is 7.39. The van der Waals surface area contributed by atoms with E-state index in [1.165, 1.54) is 0 Å². The van der Waals surface area contributed by atoms with E-state index in [2.05, 4.69) is 10.3 Å². The molecule has 0 atom stereocenters. The van der Waals surface area contributed by atoms with Gasteiger partial charge in [0.25, 0.3) is 5.91 Å². The van der Waals surface area contributed by atoms with Gasteiger partial charge in [-0.1, -0.05) is 29.3 Å². The zero-order valence-electron chi connectivity index (χ0n) is 12.4. The van der Waals surface area contributed by atoms with Gasteiger partial charge in [-0.3, -0.25) is 4.79 Å². The number of aryl methyl sites for hydroxylation is 2.